The average Bonchev–Trinajstić information content (AvgIpc) is 3.69. The molecule has 8 heteroatoms. The number of hydrogen-bond acceptors (Lipinski definition) is 4. The quantitative estimate of drug-likeness (QED) is 0.287. The molecule has 1 aromatic rings. The van der Waals surface area contributed by atoms with Crippen molar-refractivity contribution < 1.29 is 23.1 Å². The monoisotopic (exact) mass is 718 g/mol. The Balaban J connectivity index is 1.23. The summed E-state index contributed by atoms with van der Waals surface area (Å²) < 4.78 is 26.7. The Morgan fingerprint density at radius 2 is 1.53 bits per heavy atom. The molecule has 4 saturated carbocycles. The fourth-order valence-electron chi connectivity index (χ4n) is 14.6. The zero-order valence-electron chi connectivity index (χ0n) is 32.4. The number of hydrogen-bond donors (Lipinski definition) is 2. The molecule has 5 aliphatic carbocycles. The van der Waals surface area contributed by atoms with Gasteiger partial charge in [0.15, 0.2) is 0 Å². The number of fused-ring (bicyclic) bond motifs is 7. The number of carbonyl (C=O) groups excluding carboxylic acids is 1. The number of rotatable bonds is 6. The first-order valence-electron chi connectivity index (χ1n) is 19.6. The molecule has 6 aliphatic rings. The van der Waals surface area contributed by atoms with E-state index in [0.717, 1.165) is 63.4 Å². The predicted octanol–water partition coefficient (Wildman–Crippen LogP) is 8.72. The first-order valence-corrected chi connectivity index (χ1v) is 21.5. The number of nitrogens with zero attached hydrogens (tertiary/aromatic N) is 1. The van der Waals surface area contributed by atoms with Crippen molar-refractivity contribution >= 4 is 27.5 Å². The van der Waals surface area contributed by atoms with Gasteiger partial charge in [-0.15, -0.1) is 0 Å². The zero-order valence-corrected chi connectivity index (χ0v) is 33.2. The molecule has 1 aromatic carbocycles. The normalized spacial score (nSPS) is 43.2. The first-order chi connectivity index (χ1) is 23.7. The molecule has 0 aromatic heterocycles. The van der Waals surface area contributed by atoms with Crippen LogP contribution in [0.1, 0.15) is 135 Å². The lowest BCUT2D eigenvalue weighted by atomic mass is 9.29. The van der Waals surface area contributed by atoms with Crippen LogP contribution in [0.2, 0.25) is 0 Å². The zero-order chi connectivity index (χ0) is 37.2. The molecule has 10 atom stereocenters. The van der Waals surface area contributed by atoms with E-state index in [-0.39, 0.29) is 44.4 Å². The number of aromatic carboxylic acids is 1. The molecule has 0 spiro atoms. The van der Waals surface area contributed by atoms with E-state index < -0.39 is 22.0 Å². The molecule has 51 heavy (non-hydrogen) atoms. The van der Waals surface area contributed by atoms with Crippen molar-refractivity contribution in [1.29, 1.82) is 0 Å². The van der Waals surface area contributed by atoms with E-state index in [1.165, 1.54) is 28.1 Å². The molecule has 1 heterocycles. The topological polar surface area (TPSA) is 104 Å². The molecule has 5 fully saturated rings. The fourth-order valence-corrected chi connectivity index (χ4v) is 15.7. The van der Waals surface area contributed by atoms with Crippen molar-refractivity contribution in [3.05, 3.63) is 53.6 Å². The van der Waals surface area contributed by atoms with E-state index in [9.17, 15) is 23.1 Å². The van der Waals surface area contributed by atoms with E-state index in [2.05, 4.69) is 66.4 Å². The second-order valence-electron chi connectivity index (χ2n) is 19.4. The summed E-state index contributed by atoms with van der Waals surface area (Å²) in [4.78, 5) is 25.8. The van der Waals surface area contributed by atoms with Gasteiger partial charge in [0.25, 0.3) is 0 Å². The van der Waals surface area contributed by atoms with Crippen molar-refractivity contribution in [2.24, 2.45) is 50.7 Å². The lowest BCUT2D eigenvalue weighted by molar-refractivity contribution is -0.256. The molecule has 1 amide bonds. The third-order valence-electron chi connectivity index (χ3n) is 17.1. The third-order valence-corrected chi connectivity index (χ3v) is 18.4. The van der Waals surface area contributed by atoms with Gasteiger partial charge < -0.3 is 10.4 Å². The third kappa shape index (κ3) is 5.07. The van der Waals surface area contributed by atoms with E-state index in [1.807, 2.05) is 12.1 Å². The van der Waals surface area contributed by atoms with Crippen LogP contribution in [0.4, 0.5) is 0 Å². The summed E-state index contributed by atoms with van der Waals surface area (Å²) in [5.74, 6) is 0.651. The summed E-state index contributed by atoms with van der Waals surface area (Å²) >= 11 is 0. The fraction of sp³-hybridized carbons (Fsp3) is 0.721. The van der Waals surface area contributed by atoms with Crippen LogP contribution in [0, 0.1) is 50.7 Å². The average molecular weight is 719 g/mol. The summed E-state index contributed by atoms with van der Waals surface area (Å²) in [7, 11) is -3.46. The number of amides is 1. The van der Waals surface area contributed by atoms with Crippen molar-refractivity contribution in [3.63, 3.8) is 0 Å². The van der Waals surface area contributed by atoms with E-state index >= 15 is 0 Å². The molecule has 5 unspecified atom stereocenters. The molecule has 0 bridgehead atoms. The molecular formula is C43H62N2O5S. The summed E-state index contributed by atoms with van der Waals surface area (Å²) in [5, 5.41) is 13.1. The SMILES string of the molecule is C=C(C)[C@@H]1CC[C@]2(NC(=O)C3CCCN3S(C)(=O)=O)CC[C@]3(C)C(C)(CCC4[C@@]5(C)CC=C(c6ccc(C(=O)O)cc6)C(C)(C)C5CC[C@]43C)C12. The predicted molar refractivity (Wildman–Crippen MR) is 203 cm³/mol. The van der Waals surface area contributed by atoms with Crippen LogP contribution in [0.3, 0.4) is 0 Å². The second kappa shape index (κ2) is 11.8. The number of nitrogens with one attached hydrogen (secondary N) is 1. The van der Waals surface area contributed by atoms with Gasteiger partial charge >= 0.3 is 5.97 Å². The Bertz CT molecular complexity index is 1780. The maximum absolute atomic E-state index is 14.2. The van der Waals surface area contributed by atoms with Crippen LogP contribution < -0.4 is 5.32 Å². The highest BCUT2D eigenvalue weighted by Gasteiger charge is 2.74. The van der Waals surface area contributed by atoms with Gasteiger partial charge in [-0.2, -0.15) is 4.31 Å². The van der Waals surface area contributed by atoms with Crippen LogP contribution in [-0.4, -0.2) is 54.1 Å². The minimum Gasteiger partial charge on any atom is -0.478 e. The van der Waals surface area contributed by atoms with Gasteiger partial charge in [0.1, 0.15) is 6.04 Å². The van der Waals surface area contributed by atoms with Crippen molar-refractivity contribution in [2.45, 2.75) is 131 Å². The van der Waals surface area contributed by atoms with Crippen LogP contribution in [0.15, 0.2) is 42.5 Å². The maximum Gasteiger partial charge on any atom is 0.335 e. The van der Waals surface area contributed by atoms with Crippen LogP contribution in [-0.2, 0) is 14.8 Å². The van der Waals surface area contributed by atoms with Gasteiger partial charge in [-0.1, -0.05) is 71.9 Å². The summed E-state index contributed by atoms with van der Waals surface area (Å²) in [6.45, 7) is 22.4. The Morgan fingerprint density at radius 3 is 2.16 bits per heavy atom. The maximum atomic E-state index is 14.2. The van der Waals surface area contributed by atoms with Crippen molar-refractivity contribution in [2.75, 3.05) is 12.8 Å². The molecule has 7 nitrogen and oxygen atoms in total. The minimum absolute atomic E-state index is 0.0175. The lowest BCUT2D eigenvalue weighted by Gasteiger charge is -2.75. The Labute approximate surface area is 307 Å². The van der Waals surface area contributed by atoms with Gasteiger partial charge in [-0.05, 0) is 152 Å². The number of carboxylic acids is 1. The highest BCUT2D eigenvalue weighted by Crippen LogP contribution is 2.80. The number of allylic oxidation sites excluding steroid dienone is 3. The number of sulfonamides is 1. The molecule has 280 valence electrons. The van der Waals surface area contributed by atoms with Gasteiger partial charge in [-0.25, -0.2) is 13.2 Å². The molecule has 1 saturated heterocycles. The molecule has 7 rings (SSSR count). The Hall–Kier alpha value is -2.45. The van der Waals surface area contributed by atoms with E-state index in [0.29, 0.717) is 36.3 Å². The van der Waals surface area contributed by atoms with Gasteiger partial charge in [-0.3, -0.25) is 4.79 Å². The number of benzene rings is 1. The first kappa shape index (κ1) is 36.9. The highest BCUT2D eigenvalue weighted by atomic mass is 32.2. The van der Waals surface area contributed by atoms with E-state index in [1.54, 1.807) is 12.1 Å². The molecule has 0 radical (unpaired) electrons. The number of carbonyl (C=O) groups is 2. The smallest absolute Gasteiger partial charge is 0.335 e. The number of carboxylic acid groups (broad SMARTS) is 1. The Morgan fingerprint density at radius 1 is 0.882 bits per heavy atom. The molecular weight excluding hydrogens is 657 g/mol. The standard InChI is InChI=1S/C43H62N2O5S/c1-27(2)30-16-23-43(44-36(46)32-11-10-26-45(32)51(9,49)50)25-24-42(8)40(6)21-18-33-38(3,4)31(28-12-14-29(15-13-28)37(47)48)17-20-39(33,5)34(40)19-22-41(42,7)35(30)43/h12-15,17,30,32-35H,1,10-11,16,18-26H2,2-9H3,(H,44,46)(H,47,48)/t30-,32?,33?,34?,35?,39-,40+,41?,42-,43-/m0/s1. The molecule has 2 N–H and O–H groups in total. The lowest BCUT2D eigenvalue weighted by Crippen LogP contribution is -2.72. The van der Waals surface area contributed by atoms with Crippen LogP contribution >= 0.6 is 0 Å². The van der Waals surface area contributed by atoms with Crippen molar-refractivity contribution in [1.82, 2.24) is 9.62 Å². The van der Waals surface area contributed by atoms with E-state index in [4.69, 9.17) is 0 Å². The van der Waals surface area contributed by atoms with Gasteiger partial charge in [0, 0.05) is 12.1 Å². The Kier molecular flexibility index (Phi) is 8.52. The van der Waals surface area contributed by atoms with Gasteiger partial charge in [0.2, 0.25) is 15.9 Å². The largest absolute Gasteiger partial charge is 0.478 e. The molecule has 1 aliphatic heterocycles. The van der Waals surface area contributed by atoms with Crippen LogP contribution in [0.5, 0.6) is 0 Å². The second-order valence-corrected chi connectivity index (χ2v) is 21.4. The summed E-state index contributed by atoms with van der Waals surface area (Å²) in [5.41, 5.74) is 3.91. The van der Waals surface area contributed by atoms with Crippen LogP contribution in [0.25, 0.3) is 5.57 Å². The van der Waals surface area contributed by atoms with Gasteiger partial charge in [0.05, 0.1) is 11.8 Å². The highest BCUT2D eigenvalue weighted by molar-refractivity contribution is 7.88. The minimum atomic E-state index is -3.46. The summed E-state index contributed by atoms with van der Waals surface area (Å²) in [6, 6.07) is 6.86. The summed E-state index contributed by atoms with van der Waals surface area (Å²) in [6.07, 6.45) is 14.6. The van der Waals surface area contributed by atoms with Crippen molar-refractivity contribution in [3.8, 4) is 0 Å².